The quantitative estimate of drug-likeness (QED) is 0.828. The lowest BCUT2D eigenvalue weighted by Crippen LogP contribution is -2.14. The van der Waals surface area contributed by atoms with Crippen LogP contribution in [-0.4, -0.2) is 12.4 Å². The van der Waals surface area contributed by atoms with Crippen LogP contribution in [0.1, 0.15) is 11.1 Å². The summed E-state index contributed by atoms with van der Waals surface area (Å²) in [6.45, 7) is 1.99. The highest BCUT2D eigenvalue weighted by atomic mass is 35.5. The van der Waals surface area contributed by atoms with E-state index in [4.69, 9.17) is 16.3 Å². The molecule has 2 nitrogen and oxygen atoms in total. The Morgan fingerprint density at radius 2 is 1.89 bits per heavy atom. The molecule has 0 heterocycles. The number of rotatable bonds is 5. The van der Waals surface area contributed by atoms with Gasteiger partial charge in [0.1, 0.15) is 12.4 Å². The first kappa shape index (κ1) is 13.6. The highest BCUT2D eigenvalue weighted by molar-refractivity contribution is 6.32. The number of Topliss-reactive ketones (excluding diaryl/α,β-unsaturated/α-hetero) is 1. The predicted molar refractivity (Wildman–Crippen MR) is 76.8 cm³/mol. The van der Waals surface area contributed by atoms with Gasteiger partial charge in [0.25, 0.3) is 0 Å². The van der Waals surface area contributed by atoms with Crippen molar-refractivity contribution in [3.05, 3.63) is 64.7 Å². The Hall–Kier alpha value is -1.80. The van der Waals surface area contributed by atoms with Crippen molar-refractivity contribution in [3.8, 4) is 5.75 Å². The normalized spacial score (nSPS) is 10.2. The molecule has 98 valence electrons. The van der Waals surface area contributed by atoms with E-state index in [0.717, 1.165) is 11.1 Å². The van der Waals surface area contributed by atoms with Crippen LogP contribution in [0.2, 0.25) is 5.02 Å². The molecule has 0 aromatic heterocycles. The van der Waals surface area contributed by atoms with Crippen molar-refractivity contribution in [3.63, 3.8) is 0 Å². The molecule has 0 aliphatic rings. The van der Waals surface area contributed by atoms with E-state index in [1.165, 1.54) is 0 Å². The molecular weight excluding hydrogens is 260 g/mol. The highest BCUT2D eigenvalue weighted by Crippen LogP contribution is 2.25. The molecule has 2 aromatic carbocycles. The number of benzene rings is 2. The Morgan fingerprint density at radius 3 is 2.63 bits per heavy atom. The van der Waals surface area contributed by atoms with Gasteiger partial charge in [0.05, 0.1) is 5.02 Å². The lowest BCUT2D eigenvalue weighted by atomic mass is 10.1. The summed E-state index contributed by atoms with van der Waals surface area (Å²) in [7, 11) is 0. The molecule has 0 aliphatic heterocycles. The third-order valence-corrected chi connectivity index (χ3v) is 3.03. The molecule has 0 radical (unpaired) electrons. The van der Waals surface area contributed by atoms with Gasteiger partial charge in [-0.1, -0.05) is 48.0 Å². The SMILES string of the molecule is Cc1ccc(Cl)c(OCC(=O)Cc2ccccc2)c1. The zero-order chi connectivity index (χ0) is 13.7. The van der Waals surface area contributed by atoms with Gasteiger partial charge in [0, 0.05) is 6.42 Å². The van der Waals surface area contributed by atoms with Crippen LogP contribution in [0.15, 0.2) is 48.5 Å². The number of hydrogen-bond donors (Lipinski definition) is 0. The number of aryl methyl sites for hydroxylation is 1. The molecule has 0 atom stereocenters. The van der Waals surface area contributed by atoms with Crippen molar-refractivity contribution >= 4 is 17.4 Å². The topological polar surface area (TPSA) is 26.3 Å². The minimum Gasteiger partial charge on any atom is -0.484 e. The second-order valence-corrected chi connectivity index (χ2v) is 4.83. The van der Waals surface area contributed by atoms with Crippen molar-refractivity contribution in [1.29, 1.82) is 0 Å². The van der Waals surface area contributed by atoms with Crippen molar-refractivity contribution < 1.29 is 9.53 Å². The molecule has 0 aliphatic carbocycles. The Bertz CT molecular complexity index is 564. The molecule has 0 amide bonds. The predicted octanol–water partition coefficient (Wildman–Crippen LogP) is 3.84. The number of ketones is 1. The standard InChI is InChI=1S/C16H15ClO2/c1-12-7-8-15(17)16(9-12)19-11-14(18)10-13-5-3-2-4-6-13/h2-9H,10-11H2,1H3. The number of hydrogen-bond acceptors (Lipinski definition) is 2. The zero-order valence-electron chi connectivity index (χ0n) is 10.7. The average Bonchev–Trinajstić information content (AvgIpc) is 2.41. The molecule has 0 unspecified atom stereocenters. The van der Waals surface area contributed by atoms with Gasteiger partial charge in [0.2, 0.25) is 0 Å². The van der Waals surface area contributed by atoms with E-state index in [1.807, 2.05) is 49.4 Å². The summed E-state index contributed by atoms with van der Waals surface area (Å²) in [5, 5.41) is 0.526. The van der Waals surface area contributed by atoms with Gasteiger partial charge in [0.15, 0.2) is 5.78 Å². The lowest BCUT2D eigenvalue weighted by Gasteiger charge is -2.08. The second kappa shape index (κ2) is 6.39. The van der Waals surface area contributed by atoms with Crippen LogP contribution in [-0.2, 0) is 11.2 Å². The van der Waals surface area contributed by atoms with E-state index in [-0.39, 0.29) is 12.4 Å². The summed E-state index contributed by atoms with van der Waals surface area (Å²) in [5.41, 5.74) is 2.04. The Kier molecular flexibility index (Phi) is 4.58. The third-order valence-electron chi connectivity index (χ3n) is 2.72. The van der Waals surface area contributed by atoms with E-state index in [1.54, 1.807) is 6.07 Å². The molecule has 2 rings (SSSR count). The molecule has 3 heteroatoms. The summed E-state index contributed by atoms with van der Waals surface area (Å²) >= 11 is 6.00. The minimum absolute atomic E-state index is 0.0313. The van der Waals surface area contributed by atoms with E-state index < -0.39 is 0 Å². The van der Waals surface area contributed by atoms with Crippen molar-refractivity contribution in [2.45, 2.75) is 13.3 Å². The monoisotopic (exact) mass is 274 g/mol. The van der Waals surface area contributed by atoms with Gasteiger partial charge in [-0.2, -0.15) is 0 Å². The first-order valence-electron chi connectivity index (χ1n) is 6.10. The van der Waals surface area contributed by atoms with Crippen LogP contribution >= 0.6 is 11.6 Å². The highest BCUT2D eigenvalue weighted by Gasteiger charge is 2.07. The van der Waals surface area contributed by atoms with Crippen molar-refractivity contribution in [1.82, 2.24) is 0 Å². The average molecular weight is 275 g/mol. The summed E-state index contributed by atoms with van der Waals surface area (Å²) in [6.07, 6.45) is 0.379. The Morgan fingerprint density at radius 1 is 1.16 bits per heavy atom. The van der Waals surface area contributed by atoms with Crippen molar-refractivity contribution in [2.75, 3.05) is 6.61 Å². The van der Waals surface area contributed by atoms with E-state index in [2.05, 4.69) is 0 Å². The van der Waals surface area contributed by atoms with Crippen LogP contribution in [0.25, 0.3) is 0 Å². The largest absolute Gasteiger partial charge is 0.484 e. The molecule has 0 N–H and O–H groups in total. The maximum atomic E-state index is 11.8. The molecule has 2 aromatic rings. The van der Waals surface area contributed by atoms with Crippen LogP contribution in [0, 0.1) is 6.92 Å². The maximum absolute atomic E-state index is 11.8. The van der Waals surface area contributed by atoms with Gasteiger partial charge in [-0.3, -0.25) is 4.79 Å². The van der Waals surface area contributed by atoms with Crippen LogP contribution in [0.4, 0.5) is 0 Å². The first-order valence-corrected chi connectivity index (χ1v) is 6.47. The van der Waals surface area contributed by atoms with Crippen LogP contribution in [0.3, 0.4) is 0 Å². The summed E-state index contributed by atoms with van der Waals surface area (Å²) in [5.74, 6) is 0.590. The number of carbonyl (C=O) groups excluding carboxylic acids is 1. The fourth-order valence-corrected chi connectivity index (χ4v) is 1.93. The molecule has 0 saturated carbocycles. The van der Waals surface area contributed by atoms with E-state index in [0.29, 0.717) is 17.2 Å². The molecule has 19 heavy (non-hydrogen) atoms. The maximum Gasteiger partial charge on any atom is 0.174 e. The van der Waals surface area contributed by atoms with Crippen LogP contribution < -0.4 is 4.74 Å². The Balaban J connectivity index is 1.92. The fourth-order valence-electron chi connectivity index (χ4n) is 1.75. The van der Waals surface area contributed by atoms with Gasteiger partial charge < -0.3 is 4.74 Å². The zero-order valence-corrected chi connectivity index (χ0v) is 11.5. The van der Waals surface area contributed by atoms with Gasteiger partial charge in [-0.05, 0) is 30.2 Å². The molecule has 0 fully saturated rings. The first-order chi connectivity index (χ1) is 9.15. The summed E-state index contributed by atoms with van der Waals surface area (Å²) in [6, 6.07) is 15.1. The Labute approximate surface area is 118 Å². The summed E-state index contributed by atoms with van der Waals surface area (Å²) in [4.78, 5) is 11.8. The van der Waals surface area contributed by atoms with Gasteiger partial charge in [-0.25, -0.2) is 0 Å². The lowest BCUT2D eigenvalue weighted by molar-refractivity contribution is -0.120. The van der Waals surface area contributed by atoms with Crippen molar-refractivity contribution in [2.24, 2.45) is 0 Å². The molecule has 0 saturated heterocycles. The molecule has 0 spiro atoms. The smallest absolute Gasteiger partial charge is 0.174 e. The van der Waals surface area contributed by atoms with Gasteiger partial charge in [-0.15, -0.1) is 0 Å². The molecule has 0 bridgehead atoms. The van der Waals surface area contributed by atoms with E-state index >= 15 is 0 Å². The minimum atomic E-state index is 0.0313. The van der Waals surface area contributed by atoms with Gasteiger partial charge >= 0.3 is 0 Å². The third kappa shape index (κ3) is 4.11. The second-order valence-electron chi connectivity index (χ2n) is 4.42. The number of ether oxygens (including phenoxy) is 1. The summed E-state index contributed by atoms with van der Waals surface area (Å²) < 4.78 is 5.47. The fraction of sp³-hybridized carbons (Fsp3) is 0.188. The number of halogens is 1. The molecular formula is C16H15ClO2. The number of carbonyl (C=O) groups is 1. The van der Waals surface area contributed by atoms with E-state index in [9.17, 15) is 4.79 Å². The van der Waals surface area contributed by atoms with Crippen LogP contribution in [0.5, 0.6) is 5.75 Å².